The molecule has 3 N–H and O–H groups in total. The monoisotopic (exact) mass is 271 g/mol. The Morgan fingerprint density at radius 1 is 1.47 bits per heavy atom. The van der Waals surface area contributed by atoms with Crippen LogP contribution in [0, 0.1) is 0 Å². The van der Waals surface area contributed by atoms with Crippen molar-refractivity contribution in [2.45, 2.75) is 24.8 Å². The summed E-state index contributed by atoms with van der Waals surface area (Å²) in [7, 11) is 1.57. The fourth-order valence-corrected chi connectivity index (χ4v) is 2.43. The highest BCUT2D eigenvalue weighted by Crippen LogP contribution is 2.45. The summed E-state index contributed by atoms with van der Waals surface area (Å²) < 4.78 is 5.93. The smallest absolute Gasteiger partial charge is 0.136 e. The third-order valence-electron chi connectivity index (χ3n) is 3.05. The summed E-state index contributed by atoms with van der Waals surface area (Å²) in [5.74, 6) is 0.844. The molecule has 1 aromatic rings. The predicted octanol–water partition coefficient (Wildman–Crippen LogP) is 2.50. The van der Waals surface area contributed by atoms with Gasteiger partial charge in [0.15, 0.2) is 0 Å². The van der Waals surface area contributed by atoms with Crippen LogP contribution in [-0.4, -0.2) is 12.2 Å². The Morgan fingerprint density at radius 3 is 2.60 bits per heavy atom. The average molecular weight is 272 g/mol. The zero-order valence-corrected chi connectivity index (χ0v) is 10.2. The van der Waals surface area contributed by atoms with Crippen molar-refractivity contribution in [3.8, 4) is 11.5 Å². The van der Waals surface area contributed by atoms with Gasteiger partial charge in [-0.2, -0.15) is 0 Å². The van der Waals surface area contributed by atoms with Gasteiger partial charge in [-0.1, -0.05) is 0 Å². The molecule has 0 spiro atoms. The molecule has 0 heterocycles. The van der Waals surface area contributed by atoms with Gasteiger partial charge in [0.1, 0.15) is 11.5 Å². The van der Waals surface area contributed by atoms with E-state index in [1.54, 1.807) is 13.2 Å². The summed E-state index contributed by atoms with van der Waals surface area (Å²) in [5.41, 5.74) is 6.62. The maximum Gasteiger partial charge on any atom is 0.136 e. The molecular weight excluding hydrogens is 258 g/mol. The molecule has 0 saturated heterocycles. The standard InChI is InChI=1S/C11H14BrNO2/c1-15-10-6-9(14)7(5-8(10)12)11(13)3-2-4-11/h5-6,14H,2-4,13H2,1H3. The molecular formula is C11H14BrNO2. The van der Waals surface area contributed by atoms with Crippen LogP contribution in [0.25, 0.3) is 0 Å². The molecule has 2 rings (SSSR count). The highest BCUT2D eigenvalue weighted by atomic mass is 79.9. The Bertz CT molecular complexity index is 388. The molecule has 1 aliphatic rings. The molecule has 15 heavy (non-hydrogen) atoms. The molecule has 0 unspecified atom stereocenters. The number of hydrogen-bond acceptors (Lipinski definition) is 3. The van der Waals surface area contributed by atoms with Crippen LogP contribution in [0.3, 0.4) is 0 Å². The first-order chi connectivity index (χ1) is 7.07. The van der Waals surface area contributed by atoms with Crippen LogP contribution >= 0.6 is 15.9 Å². The number of aromatic hydroxyl groups is 1. The van der Waals surface area contributed by atoms with Gasteiger partial charge in [0.25, 0.3) is 0 Å². The van der Waals surface area contributed by atoms with E-state index >= 15 is 0 Å². The highest BCUT2D eigenvalue weighted by molar-refractivity contribution is 9.10. The van der Waals surface area contributed by atoms with Gasteiger partial charge in [0, 0.05) is 17.2 Å². The SMILES string of the molecule is COc1cc(O)c(C2(N)CCC2)cc1Br. The Kier molecular flexibility index (Phi) is 2.64. The van der Waals surface area contributed by atoms with Gasteiger partial charge >= 0.3 is 0 Å². The van der Waals surface area contributed by atoms with Crippen molar-refractivity contribution in [2.24, 2.45) is 5.73 Å². The van der Waals surface area contributed by atoms with E-state index < -0.39 is 0 Å². The van der Waals surface area contributed by atoms with E-state index in [1.807, 2.05) is 6.07 Å². The second kappa shape index (κ2) is 3.68. The molecule has 0 aromatic heterocycles. The number of rotatable bonds is 2. The minimum atomic E-state index is -0.348. The van der Waals surface area contributed by atoms with Crippen LogP contribution < -0.4 is 10.5 Å². The fourth-order valence-electron chi connectivity index (χ4n) is 1.92. The van der Waals surface area contributed by atoms with Crippen molar-refractivity contribution in [2.75, 3.05) is 7.11 Å². The molecule has 3 nitrogen and oxygen atoms in total. The topological polar surface area (TPSA) is 55.5 Å². The first kappa shape index (κ1) is 10.8. The van der Waals surface area contributed by atoms with Crippen LogP contribution in [-0.2, 0) is 5.54 Å². The average Bonchev–Trinajstić information content (AvgIpc) is 2.17. The fraction of sp³-hybridized carbons (Fsp3) is 0.455. The lowest BCUT2D eigenvalue weighted by atomic mass is 9.72. The zero-order valence-electron chi connectivity index (χ0n) is 8.59. The number of nitrogens with two attached hydrogens (primary N) is 1. The van der Waals surface area contributed by atoms with Crippen LogP contribution in [0.2, 0.25) is 0 Å². The molecule has 82 valence electrons. The molecule has 0 amide bonds. The number of ether oxygens (including phenoxy) is 1. The van der Waals surface area contributed by atoms with Gasteiger partial charge in [-0.3, -0.25) is 0 Å². The lowest BCUT2D eigenvalue weighted by molar-refractivity contribution is 0.245. The maximum absolute atomic E-state index is 9.87. The van der Waals surface area contributed by atoms with Gasteiger partial charge in [-0.05, 0) is 41.3 Å². The molecule has 4 heteroatoms. The summed E-state index contributed by atoms with van der Waals surface area (Å²) in [6.07, 6.45) is 2.98. The summed E-state index contributed by atoms with van der Waals surface area (Å²) in [4.78, 5) is 0. The van der Waals surface area contributed by atoms with E-state index in [1.165, 1.54) is 0 Å². The van der Waals surface area contributed by atoms with Crippen LogP contribution in [0.1, 0.15) is 24.8 Å². The lowest BCUT2D eigenvalue weighted by Gasteiger charge is -2.39. The summed E-state index contributed by atoms with van der Waals surface area (Å²) in [6.45, 7) is 0. The first-order valence-corrected chi connectivity index (χ1v) is 5.72. The summed E-state index contributed by atoms with van der Waals surface area (Å²) in [6, 6.07) is 3.46. The van der Waals surface area contributed by atoms with Gasteiger partial charge in [-0.25, -0.2) is 0 Å². The molecule has 0 radical (unpaired) electrons. The molecule has 1 aliphatic carbocycles. The molecule has 1 aromatic carbocycles. The van der Waals surface area contributed by atoms with E-state index in [2.05, 4.69) is 15.9 Å². The van der Waals surface area contributed by atoms with E-state index in [0.29, 0.717) is 5.75 Å². The molecule has 0 bridgehead atoms. The number of halogens is 1. The number of phenolic OH excluding ortho intramolecular Hbond substituents is 1. The van der Waals surface area contributed by atoms with E-state index in [0.717, 1.165) is 29.3 Å². The van der Waals surface area contributed by atoms with E-state index in [9.17, 15) is 5.11 Å². The summed E-state index contributed by atoms with van der Waals surface area (Å²) in [5, 5.41) is 9.87. The Balaban J connectivity index is 2.45. The predicted molar refractivity (Wildman–Crippen MR) is 62.1 cm³/mol. The molecule has 1 fully saturated rings. The maximum atomic E-state index is 9.87. The van der Waals surface area contributed by atoms with Crippen molar-refractivity contribution in [1.82, 2.24) is 0 Å². The molecule has 0 atom stereocenters. The van der Waals surface area contributed by atoms with Crippen LogP contribution in [0.4, 0.5) is 0 Å². The number of methoxy groups -OCH3 is 1. The second-order valence-corrected chi connectivity index (χ2v) is 4.87. The van der Waals surface area contributed by atoms with Crippen molar-refractivity contribution in [3.63, 3.8) is 0 Å². The first-order valence-electron chi connectivity index (χ1n) is 4.93. The van der Waals surface area contributed by atoms with E-state index in [4.69, 9.17) is 10.5 Å². The van der Waals surface area contributed by atoms with E-state index in [-0.39, 0.29) is 11.3 Å². The van der Waals surface area contributed by atoms with Crippen molar-refractivity contribution in [3.05, 3.63) is 22.2 Å². The number of benzene rings is 1. The quantitative estimate of drug-likeness (QED) is 0.869. The third kappa shape index (κ3) is 1.72. The Morgan fingerprint density at radius 2 is 2.13 bits per heavy atom. The Hall–Kier alpha value is -0.740. The van der Waals surface area contributed by atoms with Gasteiger partial charge in [0.05, 0.1) is 11.6 Å². The van der Waals surface area contributed by atoms with Gasteiger partial charge in [0.2, 0.25) is 0 Å². The van der Waals surface area contributed by atoms with Gasteiger partial charge < -0.3 is 15.6 Å². The van der Waals surface area contributed by atoms with Crippen molar-refractivity contribution < 1.29 is 9.84 Å². The van der Waals surface area contributed by atoms with Crippen molar-refractivity contribution in [1.29, 1.82) is 0 Å². The number of phenols is 1. The minimum absolute atomic E-state index is 0.220. The van der Waals surface area contributed by atoms with Crippen LogP contribution in [0.15, 0.2) is 16.6 Å². The number of hydrogen-bond donors (Lipinski definition) is 2. The molecule has 1 saturated carbocycles. The van der Waals surface area contributed by atoms with Gasteiger partial charge in [-0.15, -0.1) is 0 Å². The Labute approximate surface area is 97.4 Å². The normalized spacial score (nSPS) is 18.3. The third-order valence-corrected chi connectivity index (χ3v) is 3.67. The largest absolute Gasteiger partial charge is 0.507 e. The minimum Gasteiger partial charge on any atom is -0.507 e. The van der Waals surface area contributed by atoms with Crippen LogP contribution in [0.5, 0.6) is 11.5 Å². The van der Waals surface area contributed by atoms with Crippen molar-refractivity contribution >= 4 is 15.9 Å². The highest BCUT2D eigenvalue weighted by Gasteiger charge is 2.36. The lowest BCUT2D eigenvalue weighted by Crippen LogP contribution is -2.43. The second-order valence-electron chi connectivity index (χ2n) is 4.01. The summed E-state index contributed by atoms with van der Waals surface area (Å²) >= 11 is 3.40. The zero-order chi connectivity index (χ0) is 11.1. The molecule has 0 aliphatic heterocycles.